The van der Waals surface area contributed by atoms with Gasteiger partial charge in [-0.25, -0.2) is 30.3 Å². The molecule has 12 heteroatoms. The molecule has 2 atom stereocenters. The lowest BCUT2D eigenvalue weighted by Gasteiger charge is -2.45. The molecule has 0 bridgehead atoms. The lowest BCUT2D eigenvalue weighted by molar-refractivity contribution is 0.0390. The summed E-state index contributed by atoms with van der Waals surface area (Å²) >= 11 is 5.99. The van der Waals surface area contributed by atoms with Crippen LogP contribution in [0.25, 0.3) is 0 Å². The minimum absolute atomic E-state index is 0.194. The SMILES string of the molecule is CCN1C(=O)N(N)C(Nc2ccc(OC3=CC=NC(OC)N3)cc2)N(Cc2ccc(Cl)cc2)C1=O. The first-order valence-electron chi connectivity index (χ1n) is 10.9. The van der Waals surface area contributed by atoms with E-state index in [2.05, 4.69) is 15.6 Å². The third-order valence-corrected chi connectivity index (χ3v) is 5.64. The molecule has 0 aromatic heterocycles. The fourth-order valence-corrected chi connectivity index (χ4v) is 3.69. The maximum atomic E-state index is 13.1. The van der Waals surface area contributed by atoms with Crippen LogP contribution in [0.1, 0.15) is 12.5 Å². The van der Waals surface area contributed by atoms with Crippen LogP contribution in [0.3, 0.4) is 0 Å². The Balaban J connectivity index is 1.51. The number of methoxy groups -OCH3 is 1. The molecule has 2 aliphatic rings. The number of rotatable bonds is 8. The number of benzene rings is 2. The Morgan fingerprint density at radius 2 is 1.83 bits per heavy atom. The predicted octanol–water partition coefficient (Wildman–Crippen LogP) is 3.11. The summed E-state index contributed by atoms with van der Waals surface area (Å²) in [5.74, 6) is 7.20. The summed E-state index contributed by atoms with van der Waals surface area (Å²) in [6, 6.07) is 13.1. The maximum Gasteiger partial charge on any atom is 0.345 e. The van der Waals surface area contributed by atoms with Gasteiger partial charge in [0.05, 0.1) is 6.54 Å². The monoisotopic (exact) mass is 499 g/mol. The van der Waals surface area contributed by atoms with E-state index in [1.165, 1.54) is 12.0 Å². The summed E-state index contributed by atoms with van der Waals surface area (Å²) < 4.78 is 10.9. The molecule has 0 saturated carbocycles. The fourth-order valence-electron chi connectivity index (χ4n) is 3.57. The van der Waals surface area contributed by atoms with Crippen molar-refractivity contribution in [2.75, 3.05) is 19.0 Å². The molecule has 2 aromatic carbocycles. The highest BCUT2D eigenvalue weighted by molar-refractivity contribution is 6.30. The molecule has 4 rings (SSSR count). The first-order valence-corrected chi connectivity index (χ1v) is 11.2. The quantitative estimate of drug-likeness (QED) is 0.376. The molecule has 2 aromatic rings. The molecule has 2 heterocycles. The first-order chi connectivity index (χ1) is 16.9. The molecule has 0 radical (unpaired) electrons. The minimum Gasteiger partial charge on any atom is -0.441 e. The Kier molecular flexibility index (Phi) is 7.39. The van der Waals surface area contributed by atoms with E-state index in [0.29, 0.717) is 22.3 Å². The van der Waals surface area contributed by atoms with Crippen LogP contribution in [0, 0.1) is 0 Å². The average Bonchev–Trinajstić information content (AvgIpc) is 2.87. The van der Waals surface area contributed by atoms with Gasteiger partial charge in [-0.15, -0.1) is 0 Å². The Morgan fingerprint density at radius 1 is 1.11 bits per heavy atom. The predicted molar refractivity (Wildman–Crippen MR) is 131 cm³/mol. The number of nitrogens with zero attached hydrogens (tertiary/aromatic N) is 4. The van der Waals surface area contributed by atoms with Crippen molar-refractivity contribution in [3.8, 4) is 5.75 Å². The summed E-state index contributed by atoms with van der Waals surface area (Å²) in [5.41, 5.74) is 1.47. The van der Waals surface area contributed by atoms with Gasteiger partial charge in [0.25, 0.3) is 0 Å². The fraction of sp³-hybridized carbons (Fsp3) is 0.261. The molecule has 2 aliphatic heterocycles. The Morgan fingerprint density at radius 3 is 2.49 bits per heavy atom. The maximum absolute atomic E-state index is 13.1. The van der Waals surface area contributed by atoms with E-state index in [1.54, 1.807) is 55.6 Å². The van der Waals surface area contributed by atoms with Gasteiger partial charge in [-0.05, 0) is 48.9 Å². The van der Waals surface area contributed by atoms with E-state index in [1.807, 2.05) is 12.1 Å². The van der Waals surface area contributed by atoms with Gasteiger partial charge in [0.15, 0.2) is 5.88 Å². The second kappa shape index (κ2) is 10.6. The standard InChI is InChI=1S/C23H26ClN7O4/c1-3-29-22(32)30(14-15-4-6-16(24)7-5-15)21(31(25)23(29)33)27-17-8-10-18(11-9-17)35-19-12-13-26-20(28-19)34-2/h4-13,20-21,27-28H,3,14,25H2,1-2H3. The molecule has 0 aliphatic carbocycles. The number of anilines is 1. The molecule has 4 amide bonds. The largest absolute Gasteiger partial charge is 0.441 e. The first kappa shape index (κ1) is 24.3. The number of hydrogen-bond acceptors (Lipinski definition) is 8. The van der Waals surface area contributed by atoms with Crippen molar-refractivity contribution in [1.29, 1.82) is 0 Å². The van der Waals surface area contributed by atoms with Gasteiger partial charge in [-0.2, -0.15) is 0 Å². The van der Waals surface area contributed by atoms with Crippen LogP contribution in [-0.2, 0) is 11.3 Å². The highest BCUT2D eigenvalue weighted by Gasteiger charge is 2.42. The van der Waals surface area contributed by atoms with Crippen LogP contribution in [0.2, 0.25) is 5.02 Å². The highest BCUT2D eigenvalue weighted by atomic mass is 35.5. The van der Waals surface area contributed by atoms with Crippen molar-refractivity contribution >= 4 is 35.6 Å². The number of hydrogen-bond donors (Lipinski definition) is 3. The third-order valence-electron chi connectivity index (χ3n) is 5.38. The zero-order valence-corrected chi connectivity index (χ0v) is 20.0. The summed E-state index contributed by atoms with van der Waals surface area (Å²) in [7, 11) is 1.54. The number of imide groups is 1. The molecule has 184 valence electrons. The van der Waals surface area contributed by atoms with E-state index >= 15 is 0 Å². The molecule has 1 fully saturated rings. The van der Waals surface area contributed by atoms with E-state index in [0.717, 1.165) is 15.5 Å². The number of ether oxygens (including phenoxy) is 2. The number of allylic oxidation sites excluding steroid dienone is 1. The average molecular weight is 500 g/mol. The van der Waals surface area contributed by atoms with Gasteiger partial charge in [-0.3, -0.25) is 4.90 Å². The second-order valence-corrected chi connectivity index (χ2v) is 8.11. The third kappa shape index (κ3) is 5.48. The molecular weight excluding hydrogens is 474 g/mol. The van der Waals surface area contributed by atoms with E-state index in [4.69, 9.17) is 26.9 Å². The van der Waals surface area contributed by atoms with Crippen LogP contribution in [-0.4, -0.2) is 59.4 Å². The molecule has 1 saturated heterocycles. The number of urea groups is 2. The summed E-state index contributed by atoms with van der Waals surface area (Å²) in [4.78, 5) is 32.5. The smallest absolute Gasteiger partial charge is 0.345 e. The van der Waals surface area contributed by atoms with Crippen LogP contribution < -0.4 is 21.2 Å². The van der Waals surface area contributed by atoms with Crippen LogP contribution >= 0.6 is 11.6 Å². The Labute approximate surface area is 207 Å². The topological polar surface area (TPSA) is 125 Å². The summed E-state index contributed by atoms with van der Waals surface area (Å²) in [6.45, 7) is 2.13. The normalized spacial score (nSPS) is 20.0. The molecule has 0 spiro atoms. The number of halogens is 1. The second-order valence-electron chi connectivity index (χ2n) is 7.68. The number of carbonyl (C=O) groups excluding carboxylic acids is 2. The van der Waals surface area contributed by atoms with Crippen molar-refractivity contribution in [1.82, 2.24) is 20.1 Å². The van der Waals surface area contributed by atoms with Crippen molar-refractivity contribution in [3.05, 3.63) is 71.1 Å². The summed E-state index contributed by atoms with van der Waals surface area (Å²) in [5, 5.41) is 7.74. The highest BCUT2D eigenvalue weighted by Crippen LogP contribution is 2.24. The van der Waals surface area contributed by atoms with Gasteiger partial charge < -0.3 is 20.1 Å². The van der Waals surface area contributed by atoms with Crippen molar-refractivity contribution in [2.45, 2.75) is 26.1 Å². The zero-order valence-electron chi connectivity index (χ0n) is 19.2. The number of aliphatic imine (C=N–C) groups is 1. The minimum atomic E-state index is -0.915. The number of hydrazine groups is 1. The zero-order chi connectivity index (χ0) is 24.9. The molecule has 4 N–H and O–H groups in total. The van der Waals surface area contributed by atoms with E-state index in [9.17, 15) is 9.59 Å². The van der Waals surface area contributed by atoms with Gasteiger partial charge >= 0.3 is 12.1 Å². The summed E-state index contributed by atoms with van der Waals surface area (Å²) in [6.07, 6.45) is 1.85. The van der Waals surface area contributed by atoms with Crippen LogP contribution in [0.5, 0.6) is 5.75 Å². The van der Waals surface area contributed by atoms with Crippen molar-refractivity contribution in [3.63, 3.8) is 0 Å². The van der Waals surface area contributed by atoms with Crippen LogP contribution in [0.4, 0.5) is 15.3 Å². The van der Waals surface area contributed by atoms with Crippen LogP contribution in [0.15, 0.2) is 65.5 Å². The van der Waals surface area contributed by atoms with Crippen molar-refractivity contribution < 1.29 is 19.1 Å². The lowest BCUT2D eigenvalue weighted by Crippen LogP contribution is -2.70. The molecular formula is C23H26ClN7O4. The molecule has 35 heavy (non-hydrogen) atoms. The number of carbonyl (C=O) groups is 2. The van der Waals surface area contributed by atoms with E-state index < -0.39 is 24.7 Å². The Bertz CT molecular complexity index is 1120. The van der Waals surface area contributed by atoms with Gasteiger partial charge in [0.2, 0.25) is 12.6 Å². The van der Waals surface area contributed by atoms with Crippen molar-refractivity contribution in [2.24, 2.45) is 10.8 Å². The lowest BCUT2D eigenvalue weighted by atomic mass is 10.2. The number of nitrogens with one attached hydrogen (secondary N) is 2. The van der Waals surface area contributed by atoms with Gasteiger partial charge in [0.1, 0.15) is 5.75 Å². The van der Waals surface area contributed by atoms with Gasteiger partial charge in [0, 0.05) is 36.7 Å². The number of nitrogens with two attached hydrogens (primary N) is 1. The number of amides is 4. The van der Waals surface area contributed by atoms with Gasteiger partial charge in [-0.1, -0.05) is 23.7 Å². The van der Waals surface area contributed by atoms with E-state index in [-0.39, 0.29) is 13.1 Å². The molecule has 2 unspecified atom stereocenters. The molecule has 11 nitrogen and oxygen atoms in total. The Hall–Kier alpha value is -3.80.